The Bertz CT molecular complexity index is 545. The van der Waals surface area contributed by atoms with Crippen molar-refractivity contribution < 1.29 is 14.2 Å². The van der Waals surface area contributed by atoms with Gasteiger partial charge in [0.25, 0.3) is 5.88 Å². The smallest absolute Gasteiger partial charge is 0.256 e. The Morgan fingerprint density at radius 1 is 1.15 bits per heavy atom. The van der Waals surface area contributed by atoms with Gasteiger partial charge in [-0.05, 0) is 12.1 Å². The third kappa shape index (κ3) is 3.80. The van der Waals surface area contributed by atoms with Crippen molar-refractivity contribution in [3.05, 3.63) is 28.2 Å². The lowest BCUT2D eigenvalue weighted by molar-refractivity contribution is -0.00981. The number of rotatable bonds is 7. The molecule has 0 aliphatic rings. The van der Waals surface area contributed by atoms with E-state index in [-0.39, 0.29) is 6.79 Å². The lowest BCUT2D eigenvalue weighted by Crippen LogP contribution is -2.08. The highest BCUT2D eigenvalue weighted by molar-refractivity contribution is 6.99. The molecule has 0 fully saturated rings. The monoisotopic (exact) mass is 334 g/mol. The Morgan fingerprint density at radius 3 is 2.60 bits per heavy atom. The molecule has 0 aliphatic heterocycles. The number of hydrogen-bond acceptors (Lipinski definition) is 6. The highest BCUT2D eigenvalue weighted by atomic mass is 35.5. The number of hydrogen-bond donors (Lipinski definition) is 0. The van der Waals surface area contributed by atoms with Crippen LogP contribution in [0.3, 0.4) is 0 Å². The van der Waals surface area contributed by atoms with Gasteiger partial charge in [-0.3, -0.25) is 0 Å². The van der Waals surface area contributed by atoms with Gasteiger partial charge in [0.05, 0.1) is 35.0 Å². The molecule has 2 aromatic rings. The van der Waals surface area contributed by atoms with Crippen LogP contribution in [0.4, 0.5) is 0 Å². The zero-order valence-electron chi connectivity index (χ0n) is 10.6. The van der Waals surface area contributed by atoms with Gasteiger partial charge >= 0.3 is 0 Å². The molecule has 0 radical (unpaired) electrons. The van der Waals surface area contributed by atoms with Crippen LogP contribution in [0.25, 0.3) is 11.3 Å². The fourth-order valence-electron chi connectivity index (χ4n) is 1.45. The number of ether oxygens (including phenoxy) is 3. The van der Waals surface area contributed by atoms with E-state index in [2.05, 4.69) is 8.75 Å². The van der Waals surface area contributed by atoms with Gasteiger partial charge in [0.15, 0.2) is 12.5 Å². The van der Waals surface area contributed by atoms with Crippen LogP contribution in [-0.4, -0.2) is 35.9 Å². The third-order valence-corrected chi connectivity index (χ3v) is 3.51. The molecule has 2 rings (SSSR count). The molecule has 5 nitrogen and oxygen atoms in total. The average Bonchev–Trinajstić information content (AvgIpc) is 2.87. The largest absolute Gasteiger partial charge is 0.448 e. The normalized spacial score (nSPS) is 10.8. The molecule has 0 saturated heterocycles. The minimum absolute atomic E-state index is 0.0594. The minimum Gasteiger partial charge on any atom is -0.448 e. The molecule has 108 valence electrons. The van der Waals surface area contributed by atoms with Crippen molar-refractivity contribution in [3.8, 4) is 17.1 Å². The van der Waals surface area contributed by atoms with Crippen molar-refractivity contribution in [2.24, 2.45) is 0 Å². The van der Waals surface area contributed by atoms with Gasteiger partial charge in [0.2, 0.25) is 0 Å². The summed E-state index contributed by atoms with van der Waals surface area (Å²) >= 11 is 13.3. The Labute approximate surface area is 130 Å². The summed E-state index contributed by atoms with van der Waals surface area (Å²) in [5, 5.41) is 0.991. The van der Waals surface area contributed by atoms with Gasteiger partial charge in [-0.2, -0.15) is 4.37 Å². The molecular formula is C12H12Cl2N2O3S. The van der Waals surface area contributed by atoms with Gasteiger partial charge in [-0.1, -0.05) is 29.3 Å². The number of halogens is 2. The van der Waals surface area contributed by atoms with E-state index in [1.54, 1.807) is 25.3 Å². The van der Waals surface area contributed by atoms with E-state index in [0.29, 0.717) is 40.4 Å². The van der Waals surface area contributed by atoms with Crippen LogP contribution in [0.5, 0.6) is 5.88 Å². The number of methoxy groups -OCH3 is 1. The summed E-state index contributed by atoms with van der Waals surface area (Å²) in [6.07, 6.45) is 0. The first kappa shape index (κ1) is 15.5. The Kier molecular flexibility index (Phi) is 6.00. The summed E-state index contributed by atoms with van der Waals surface area (Å²) in [5.41, 5.74) is 1.12. The van der Waals surface area contributed by atoms with E-state index in [0.717, 1.165) is 11.7 Å². The molecule has 1 aromatic carbocycles. The molecular weight excluding hydrogens is 323 g/mol. The summed E-state index contributed by atoms with van der Waals surface area (Å²) in [7, 11) is 1.60. The van der Waals surface area contributed by atoms with Gasteiger partial charge in [-0.25, -0.2) is 0 Å². The average molecular weight is 335 g/mol. The number of aromatic nitrogens is 2. The summed E-state index contributed by atoms with van der Waals surface area (Å²) in [5.74, 6) is 0.349. The van der Waals surface area contributed by atoms with Crippen LogP contribution in [0, 0.1) is 0 Å². The first-order chi connectivity index (χ1) is 9.74. The molecule has 8 heteroatoms. The fourth-order valence-corrected chi connectivity index (χ4v) is 2.53. The van der Waals surface area contributed by atoms with Crippen LogP contribution in [-0.2, 0) is 9.47 Å². The standard InChI is InChI=1S/C12H12Cl2N2O3S/c1-17-5-6-18-7-19-12-11(15-20-16-12)10-8(13)3-2-4-9(10)14/h2-4H,5-7H2,1H3. The van der Waals surface area contributed by atoms with E-state index < -0.39 is 0 Å². The molecule has 0 aliphatic carbocycles. The Morgan fingerprint density at radius 2 is 1.90 bits per heavy atom. The second-order valence-electron chi connectivity index (χ2n) is 3.68. The fraction of sp³-hybridized carbons (Fsp3) is 0.333. The summed E-state index contributed by atoms with van der Waals surface area (Å²) in [4.78, 5) is 0. The molecule has 1 heterocycles. The van der Waals surface area contributed by atoms with Crippen LogP contribution < -0.4 is 4.74 Å². The zero-order chi connectivity index (χ0) is 14.4. The molecule has 0 amide bonds. The number of nitrogens with zero attached hydrogens (tertiary/aromatic N) is 2. The van der Waals surface area contributed by atoms with E-state index >= 15 is 0 Å². The molecule has 0 spiro atoms. The predicted molar refractivity (Wildman–Crippen MR) is 78.7 cm³/mol. The molecule has 20 heavy (non-hydrogen) atoms. The van der Waals surface area contributed by atoms with Crippen LogP contribution in [0.1, 0.15) is 0 Å². The quantitative estimate of drug-likeness (QED) is 0.572. The molecule has 1 aromatic heterocycles. The lowest BCUT2D eigenvalue weighted by atomic mass is 10.1. The van der Waals surface area contributed by atoms with E-state index in [1.165, 1.54) is 0 Å². The van der Waals surface area contributed by atoms with Crippen molar-refractivity contribution >= 4 is 34.9 Å². The van der Waals surface area contributed by atoms with E-state index in [1.807, 2.05) is 0 Å². The predicted octanol–water partition coefficient (Wildman–Crippen LogP) is 3.51. The van der Waals surface area contributed by atoms with E-state index in [9.17, 15) is 0 Å². The summed E-state index contributed by atoms with van der Waals surface area (Å²) in [6, 6.07) is 5.24. The molecule has 0 bridgehead atoms. The van der Waals surface area contributed by atoms with Crippen LogP contribution in [0.15, 0.2) is 18.2 Å². The maximum Gasteiger partial charge on any atom is 0.256 e. The highest BCUT2D eigenvalue weighted by Gasteiger charge is 2.17. The van der Waals surface area contributed by atoms with Crippen LogP contribution in [0.2, 0.25) is 10.0 Å². The van der Waals surface area contributed by atoms with Gasteiger partial charge in [-0.15, -0.1) is 4.37 Å². The van der Waals surface area contributed by atoms with Gasteiger partial charge in [0.1, 0.15) is 0 Å². The lowest BCUT2D eigenvalue weighted by Gasteiger charge is -2.07. The zero-order valence-corrected chi connectivity index (χ0v) is 13.0. The third-order valence-electron chi connectivity index (χ3n) is 2.37. The maximum atomic E-state index is 6.14. The SMILES string of the molecule is COCCOCOc1nsnc1-c1c(Cl)cccc1Cl. The van der Waals surface area contributed by atoms with Crippen molar-refractivity contribution in [1.82, 2.24) is 8.75 Å². The molecule has 0 atom stereocenters. The number of benzene rings is 1. The Balaban J connectivity index is 2.09. The molecule has 0 saturated carbocycles. The molecule has 0 N–H and O–H groups in total. The van der Waals surface area contributed by atoms with Crippen LogP contribution >= 0.6 is 34.9 Å². The van der Waals surface area contributed by atoms with Crippen molar-refractivity contribution in [3.63, 3.8) is 0 Å². The Hall–Kier alpha value is -0.920. The first-order valence-corrected chi connectivity index (χ1v) is 7.19. The van der Waals surface area contributed by atoms with E-state index in [4.69, 9.17) is 37.4 Å². The summed E-state index contributed by atoms with van der Waals surface area (Å²) in [6.45, 7) is 1.00. The minimum atomic E-state index is 0.0594. The van der Waals surface area contributed by atoms with Gasteiger partial charge < -0.3 is 14.2 Å². The molecule has 0 unspecified atom stereocenters. The van der Waals surface area contributed by atoms with Crippen molar-refractivity contribution in [2.45, 2.75) is 0 Å². The second kappa shape index (κ2) is 7.75. The highest BCUT2D eigenvalue weighted by Crippen LogP contribution is 2.38. The summed E-state index contributed by atoms with van der Waals surface area (Å²) < 4.78 is 23.8. The second-order valence-corrected chi connectivity index (χ2v) is 5.02. The maximum absolute atomic E-state index is 6.14. The van der Waals surface area contributed by atoms with Crippen molar-refractivity contribution in [1.29, 1.82) is 0 Å². The topological polar surface area (TPSA) is 53.5 Å². The van der Waals surface area contributed by atoms with Crippen molar-refractivity contribution in [2.75, 3.05) is 27.1 Å². The first-order valence-electron chi connectivity index (χ1n) is 5.70. The van der Waals surface area contributed by atoms with Gasteiger partial charge in [0, 0.05) is 12.7 Å².